The average Bonchev–Trinajstić information content (AvgIpc) is 2.40. The van der Waals surface area contributed by atoms with Crippen LogP contribution in [-0.2, 0) is 14.6 Å². The quantitative estimate of drug-likeness (QED) is 0.840. The van der Waals surface area contributed by atoms with Gasteiger partial charge in [-0.15, -0.1) is 0 Å². The van der Waals surface area contributed by atoms with Gasteiger partial charge in [-0.05, 0) is 31.2 Å². The molecule has 0 radical (unpaired) electrons. The van der Waals surface area contributed by atoms with Crippen LogP contribution >= 0.6 is 0 Å². The lowest BCUT2D eigenvalue weighted by molar-refractivity contribution is -0.116. The first-order chi connectivity index (χ1) is 9.98. The second-order valence-electron chi connectivity index (χ2n) is 4.98. The van der Waals surface area contributed by atoms with Gasteiger partial charge < -0.3 is 15.4 Å². The summed E-state index contributed by atoms with van der Waals surface area (Å²) in [4.78, 5) is 11.9. The summed E-state index contributed by atoms with van der Waals surface area (Å²) in [6.45, 7) is 2.90. The fourth-order valence-electron chi connectivity index (χ4n) is 2.24. The molecule has 1 aromatic carbocycles. The van der Waals surface area contributed by atoms with Crippen LogP contribution in [0.1, 0.15) is 13.3 Å². The fraction of sp³-hybridized carbons (Fsp3) is 0.500. The summed E-state index contributed by atoms with van der Waals surface area (Å²) < 4.78 is 28.3. The van der Waals surface area contributed by atoms with E-state index in [0.29, 0.717) is 18.8 Å². The minimum absolute atomic E-state index is 0.0176. The van der Waals surface area contributed by atoms with Gasteiger partial charge in [-0.1, -0.05) is 0 Å². The average molecular weight is 312 g/mol. The van der Waals surface area contributed by atoms with Gasteiger partial charge >= 0.3 is 0 Å². The van der Waals surface area contributed by atoms with Gasteiger partial charge in [-0.25, -0.2) is 8.42 Å². The van der Waals surface area contributed by atoms with Crippen LogP contribution in [0.3, 0.4) is 0 Å². The summed E-state index contributed by atoms with van der Waals surface area (Å²) in [5, 5.41) is 5.81. The molecule has 1 unspecified atom stereocenters. The van der Waals surface area contributed by atoms with Gasteiger partial charge in [-0.2, -0.15) is 0 Å². The Labute approximate surface area is 124 Å². The van der Waals surface area contributed by atoms with Gasteiger partial charge in [0.25, 0.3) is 0 Å². The van der Waals surface area contributed by atoms with Crippen LogP contribution in [0.2, 0.25) is 0 Å². The summed E-state index contributed by atoms with van der Waals surface area (Å²) in [5.41, 5.74) is 0.669. The van der Waals surface area contributed by atoms with Gasteiger partial charge in [0.1, 0.15) is 5.75 Å². The SMILES string of the molecule is CCOc1ccc(NC(=O)CC2CS(=O)(=O)CCN2)cc1. The Kier molecular flexibility index (Phi) is 5.19. The number of carbonyl (C=O) groups excluding carboxylic acids is 1. The van der Waals surface area contributed by atoms with Crippen LogP contribution in [0.25, 0.3) is 0 Å². The van der Waals surface area contributed by atoms with E-state index in [2.05, 4.69) is 10.6 Å². The lowest BCUT2D eigenvalue weighted by atomic mass is 10.2. The van der Waals surface area contributed by atoms with Crippen molar-refractivity contribution in [1.29, 1.82) is 0 Å². The fourth-order valence-corrected chi connectivity index (χ4v) is 3.68. The monoisotopic (exact) mass is 312 g/mol. The van der Waals surface area contributed by atoms with E-state index in [9.17, 15) is 13.2 Å². The molecule has 0 aliphatic carbocycles. The van der Waals surface area contributed by atoms with E-state index in [0.717, 1.165) is 5.75 Å². The molecular weight excluding hydrogens is 292 g/mol. The summed E-state index contributed by atoms with van der Waals surface area (Å²) >= 11 is 0. The van der Waals surface area contributed by atoms with Gasteiger partial charge in [0.05, 0.1) is 18.1 Å². The number of ether oxygens (including phenoxy) is 1. The minimum Gasteiger partial charge on any atom is -0.494 e. The first-order valence-electron chi connectivity index (χ1n) is 6.95. The van der Waals surface area contributed by atoms with E-state index in [-0.39, 0.29) is 29.9 Å². The maximum atomic E-state index is 11.9. The molecule has 21 heavy (non-hydrogen) atoms. The smallest absolute Gasteiger partial charge is 0.225 e. The normalized spacial score (nSPS) is 20.7. The van der Waals surface area contributed by atoms with E-state index < -0.39 is 9.84 Å². The van der Waals surface area contributed by atoms with E-state index in [4.69, 9.17) is 4.74 Å². The Bertz CT molecular complexity index is 583. The standard InChI is InChI=1S/C14H20N2O4S/c1-2-20-13-5-3-11(4-6-13)16-14(17)9-12-10-21(18,19)8-7-15-12/h3-6,12,15H,2,7-10H2,1H3,(H,16,17). The largest absolute Gasteiger partial charge is 0.494 e. The molecule has 1 fully saturated rings. The maximum Gasteiger partial charge on any atom is 0.225 e. The number of nitrogens with one attached hydrogen (secondary N) is 2. The molecule has 2 N–H and O–H groups in total. The zero-order chi connectivity index (χ0) is 15.3. The molecule has 1 amide bonds. The number of carbonyl (C=O) groups is 1. The molecule has 116 valence electrons. The van der Waals surface area contributed by atoms with Crippen LogP contribution in [0.15, 0.2) is 24.3 Å². The number of amides is 1. The molecular formula is C14H20N2O4S. The topological polar surface area (TPSA) is 84.5 Å². The molecule has 1 heterocycles. The predicted octanol–water partition coefficient (Wildman–Crippen LogP) is 0.800. The molecule has 1 atom stereocenters. The van der Waals surface area contributed by atoms with Gasteiger partial charge in [0.2, 0.25) is 5.91 Å². The number of hydrogen-bond acceptors (Lipinski definition) is 5. The highest BCUT2D eigenvalue weighted by Crippen LogP contribution is 2.16. The molecule has 0 saturated carbocycles. The van der Waals surface area contributed by atoms with Crippen LogP contribution in [-0.4, -0.2) is 45.0 Å². The molecule has 0 bridgehead atoms. The Morgan fingerprint density at radius 1 is 1.38 bits per heavy atom. The molecule has 0 spiro atoms. The van der Waals surface area contributed by atoms with Gasteiger partial charge in [0, 0.05) is 24.7 Å². The molecule has 1 aliphatic heterocycles. The van der Waals surface area contributed by atoms with Crippen molar-refractivity contribution in [3.8, 4) is 5.75 Å². The number of anilines is 1. The first-order valence-corrected chi connectivity index (χ1v) is 8.77. The highest BCUT2D eigenvalue weighted by atomic mass is 32.2. The summed E-state index contributed by atoms with van der Waals surface area (Å²) in [5.74, 6) is 0.706. The zero-order valence-electron chi connectivity index (χ0n) is 12.0. The van der Waals surface area contributed by atoms with Gasteiger partial charge in [0.15, 0.2) is 9.84 Å². The van der Waals surface area contributed by atoms with Crippen molar-refractivity contribution >= 4 is 21.4 Å². The third kappa shape index (κ3) is 5.02. The Morgan fingerprint density at radius 2 is 2.10 bits per heavy atom. The van der Waals surface area contributed by atoms with Crippen molar-refractivity contribution in [2.75, 3.05) is 30.0 Å². The van der Waals surface area contributed by atoms with Crippen LogP contribution in [0, 0.1) is 0 Å². The lowest BCUT2D eigenvalue weighted by Crippen LogP contribution is -2.46. The Morgan fingerprint density at radius 3 is 2.71 bits per heavy atom. The predicted molar refractivity (Wildman–Crippen MR) is 81.3 cm³/mol. The summed E-state index contributed by atoms with van der Waals surface area (Å²) in [6, 6.07) is 6.76. The molecule has 7 heteroatoms. The maximum absolute atomic E-state index is 11.9. The second kappa shape index (κ2) is 6.91. The Hall–Kier alpha value is -1.60. The molecule has 1 aliphatic rings. The van der Waals surface area contributed by atoms with Crippen LogP contribution < -0.4 is 15.4 Å². The zero-order valence-corrected chi connectivity index (χ0v) is 12.8. The van der Waals surface area contributed by atoms with E-state index in [1.807, 2.05) is 6.92 Å². The third-order valence-corrected chi connectivity index (χ3v) is 4.92. The highest BCUT2D eigenvalue weighted by Gasteiger charge is 2.25. The van der Waals surface area contributed by atoms with Crippen molar-refractivity contribution in [2.45, 2.75) is 19.4 Å². The van der Waals surface area contributed by atoms with Crippen molar-refractivity contribution in [2.24, 2.45) is 0 Å². The van der Waals surface area contributed by atoms with E-state index in [1.54, 1.807) is 24.3 Å². The number of benzene rings is 1. The van der Waals surface area contributed by atoms with Crippen molar-refractivity contribution in [3.63, 3.8) is 0 Å². The van der Waals surface area contributed by atoms with E-state index in [1.165, 1.54) is 0 Å². The first kappa shape index (κ1) is 15.8. The second-order valence-corrected chi connectivity index (χ2v) is 7.20. The van der Waals surface area contributed by atoms with Crippen LogP contribution in [0.4, 0.5) is 5.69 Å². The van der Waals surface area contributed by atoms with Crippen molar-refractivity contribution in [1.82, 2.24) is 5.32 Å². The number of hydrogen-bond donors (Lipinski definition) is 2. The van der Waals surface area contributed by atoms with E-state index >= 15 is 0 Å². The molecule has 2 rings (SSSR count). The Balaban J connectivity index is 1.86. The van der Waals surface area contributed by atoms with Crippen molar-refractivity contribution in [3.05, 3.63) is 24.3 Å². The number of sulfone groups is 1. The number of rotatable bonds is 5. The van der Waals surface area contributed by atoms with Crippen LogP contribution in [0.5, 0.6) is 5.75 Å². The molecule has 6 nitrogen and oxygen atoms in total. The third-order valence-electron chi connectivity index (χ3n) is 3.18. The van der Waals surface area contributed by atoms with Gasteiger partial charge in [-0.3, -0.25) is 4.79 Å². The molecule has 1 aromatic rings. The minimum atomic E-state index is -3.02. The lowest BCUT2D eigenvalue weighted by Gasteiger charge is -2.23. The molecule has 1 saturated heterocycles. The van der Waals surface area contributed by atoms with Crippen molar-refractivity contribution < 1.29 is 17.9 Å². The summed E-state index contributed by atoms with van der Waals surface area (Å²) in [6.07, 6.45) is 0.145. The highest BCUT2D eigenvalue weighted by molar-refractivity contribution is 7.91. The summed E-state index contributed by atoms with van der Waals surface area (Å²) in [7, 11) is -3.02. The molecule has 0 aromatic heterocycles.